The molecule has 2 rings (SSSR count). The topological polar surface area (TPSA) is 20.3 Å². The Morgan fingerprint density at radius 3 is 2.55 bits per heavy atom. The maximum Gasteiger partial charge on any atom is 0.156 e. The molecule has 0 aliphatic carbocycles. The molecule has 4 heteroatoms. The third kappa shape index (κ3) is 3.63. The van der Waals surface area contributed by atoms with Crippen molar-refractivity contribution in [2.45, 2.75) is 6.42 Å². The van der Waals surface area contributed by atoms with Gasteiger partial charge in [0.15, 0.2) is 5.78 Å². The maximum atomic E-state index is 13.4. The molecule has 0 heterocycles. The lowest BCUT2D eigenvalue weighted by Gasteiger charge is -2.18. The van der Waals surface area contributed by atoms with E-state index in [4.69, 9.17) is 0 Å². The first kappa shape index (κ1) is 14.2. The number of nitrogens with zero attached hydrogens (tertiary/aromatic N) is 1. The highest BCUT2D eigenvalue weighted by Crippen LogP contribution is 2.14. The Balaban J connectivity index is 2.00. The van der Waals surface area contributed by atoms with Gasteiger partial charge in [-0.2, -0.15) is 0 Å². The van der Waals surface area contributed by atoms with Gasteiger partial charge in [-0.25, -0.2) is 8.78 Å². The number of carbonyl (C=O) groups is 1. The summed E-state index contributed by atoms with van der Waals surface area (Å²) in [6, 6.07) is 12.2. The number of rotatable bonds is 5. The van der Waals surface area contributed by atoms with Crippen LogP contribution >= 0.6 is 0 Å². The van der Waals surface area contributed by atoms with E-state index in [0.29, 0.717) is 11.3 Å². The van der Waals surface area contributed by atoms with Crippen LogP contribution < -0.4 is 4.90 Å². The molecule has 2 aromatic rings. The number of likely N-dealkylation sites (N-methyl/N-ethyl adjacent to an activating group) is 1. The highest BCUT2D eigenvalue weighted by molar-refractivity contribution is 5.85. The Labute approximate surface area is 116 Å². The van der Waals surface area contributed by atoms with Gasteiger partial charge in [0, 0.05) is 19.2 Å². The van der Waals surface area contributed by atoms with Gasteiger partial charge in [-0.05, 0) is 29.8 Å². The molecule has 104 valence electrons. The molecule has 0 amide bonds. The summed E-state index contributed by atoms with van der Waals surface area (Å²) >= 11 is 0. The molecule has 0 saturated heterocycles. The van der Waals surface area contributed by atoms with E-state index in [1.54, 1.807) is 42.3 Å². The van der Waals surface area contributed by atoms with Crippen LogP contribution in [0.25, 0.3) is 0 Å². The fraction of sp³-hybridized carbons (Fsp3) is 0.188. The third-order valence-electron chi connectivity index (χ3n) is 3.01. The van der Waals surface area contributed by atoms with Crippen LogP contribution in [-0.2, 0) is 11.2 Å². The fourth-order valence-electron chi connectivity index (χ4n) is 1.98. The fourth-order valence-corrected chi connectivity index (χ4v) is 1.98. The van der Waals surface area contributed by atoms with Gasteiger partial charge in [-0.15, -0.1) is 0 Å². The minimum atomic E-state index is -0.380. The summed E-state index contributed by atoms with van der Waals surface area (Å²) in [5.41, 5.74) is 0.997. The van der Waals surface area contributed by atoms with Crippen molar-refractivity contribution in [1.29, 1.82) is 0 Å². The van der Waals surface area contributed by atoms with Crippen molar-refractivity contribution in [1.82, 2.24) is 0 Å². The molecule has 2 aromatic carbocycles. The summed E-state index contributed by atoms with van der Waals surface area (Å²) in [6.07, 6.45) is 0.0341. The van der Waals surface area contributed by atoms with Crippen molar-refractivity contribution in [2.75, 3.05) is 18.5 Å². The monoisotopic (exact) mass is 275 g/mol. The molecule has 20 heavy (non-hydrogen) atoms. The second-order valence-corrected chi connectivity index (χ2v) is 4.64. The number of benzene rings is 2. The second-order valence-electron chi connectivity index (χ2n) is 4.64. The van der Waals surface area contributed by atoms with E-state index in [9.17, 15) is 13.6 Å². The third-order valence-corrected chi connectivity index (χ3v) is 3.01. The summed E-state index contributed by atoms with van der Waals surface area (Å²) in [4.78, 5) is 13.6. The molecule has 2 nitrogen and oxygen atoms in total. The van der Waals surface area contributed by atoms with Crippen LogP contribution in [0.3, 0.4) is 0 Å². The normalized spacial score (nSPS) is 10.3. The van der Waals surface area contributed by atoms with E-state index in [1.165, 1.54) is 18.2 Å². The average molecular weight is 275 g/mol. The summed E-state index contributed by atoms with van der Waals surface area (Å²) < 4.78 is 26.6. The summed E-state index contributed by atoms with van der Waals surface area (Å²) in [5, 5.41) is 0. The lowest BCUT2D eigenvalue weighted by molar-refractivity contribution is -0.117. The molecule has 0 aliphatic rings. The Morgan fingerprint density at radius 2 is 1.85 bits per heavy atom. The van der Waals surface area contributed by atoms with Crippen LogP contribution in [0.5, 0.6) is 0 Å². The Kier molecular flexibility index (Phi) is 4.45. The molecule has 0 aliphatic heterocycles. The molecule has 0 aromatic heterocycles. The largest absolute Gasteiger partial charge is 0.367 e. The minimum Gasteiger partial charge on any atom is -0.367 e. The number of anilines is 1. The molecule has 0 spiro atoms. The van der Waals surface area contributed by atoms with Crippen molar-refractivity contribution in [3.05, 3.63) is 65.7 Å². The van der Waals surface area contributed by atoms with Gasteiger partial charge in [-0.3, -0.25) is 4.79 Å². The van der Waals surface area contributed by atoms with E-state index >= 15 is 0 Å². The predicted molar refractivity (Wildman–Crippen MR) is 74.8 cm³/mol. The molecule has 0 saturated carbocycles. The lowest BCUT2D eigenvalue weighted by Crippen LogP contribution is -2.26. The van der Waals surface area contributed by atoms with E-state index in [0.717, 1.165) is 0 Å². The van der Waals surface area contributed by atoms with Crippen LogP contribution in [0.4, 0.5) is 14.5 Å². The number of ketones is 1. The van der Waals surface area contributed by atoms with Crippen molar-refractivity contribution in [2.24, 2.45) is 0 Å². The second kappa shape index (κ2) is 6.28. The van der Waals surface area contributed by atoms with Crippen LogP contribution in [0.15, 0.2) is 48.5 Å². The molecule has 0 fully saturated rings. The summed E-state index contributed by atoms with van der Waals surface area (Å²) in [5.74, 6) is -0.855. The van der Waals surface area contributed by atoms with Gasteiger partial charge < -0.3 is 4.90 Å². The van der Waals surface area contributed by atoms with Gasteiger partial charge in [-0.1, -0.05) is 24.3 Å². The first-order chi connectivity index (χ1) is 9.56. The Bertz CT molecular complexity index is 613. The number of hydrogen-bond acceptors (Lipinski definition) is 2. The van der Waals surface area contributed by atoms with Gasteiger partial charge >= 0.3 is 0 Å². The van der Waals surface area contributed by atoms with Gasteiger partial charge in [0.05, 0.1) is 6.54 Å². The van der Waals surface area contributed by atoms with Crippen LogP contribution in [0, 0.1) is 11.6 Å². The van der Waals surface area contributed by atoms with E-state index < -0.39 is 0 Å². The lowest BCUT2D eigenvalue weighted by atomic mass is 10.1. The van der Waals surface area contributed by atoms with Crippen molar-refractivity contribution < 1.29 is 13.6 Å². The van der Waals surface area contributed by atoms with Gasteiger partial charge in [0.1, 0.15) is 11.6 Å². The van der Waals surface area contributed by atoms with Crippen molar-refractivity contribution in [3.8, 4) is 0 Å². The van der Waals surface area contributed by atoms with Crippen LogP contribution in [0.1, 0.15) is 5.56 Å². The zero-order chi connectivity index (χ0) is 14.5. The average Bonchev–Trinajstić information content (AvgIpc) is 2.41. The first-order valence-corrected chi connectivity index (χ1v) is 6.28. The zero-order valence-electron chi connectivity index (χ0n) is 11.1. The number of carbonyl (C=O) groups excluding carboxylic acids is 1. The number of hydrogen-bond donors (Lipinski definition) is 0. The van der Waals surface area contributed by atoms with E-state index in [1.807, 2.05) is 0 Å². The number of halogens is 2. The zero-order valence-corrected chi connectivity index (χ0v) is 11.1. The quantitative estimate of drug-likeness (QED) is 0.835. The van der Waals surface area contributed by atoms with E-state index in [2.05, 4.69) is 0 Å². The standard InChI is InChI=1S/C16H15F2NO/c1-19(14-7-4-6-13(17)10-14)11-15(20)9-12-5-2-3-8-16(12)18/h2-8,10H,9,11H2,1H3. The van der Waals surface area contributed by atoms with Crippen LogP contribution in [0.2, 0.25) is 0 Å². The number of Topliss-reactive ketones (excluding diaryl/α,β-unsaturated/α-hetero) is 1. The highest BCUT2D eigenvalue weighted by atomic mass is 19.1. The van der Waals surface area contributed by atoms with Crippen LogP contribution in [-0.4, -0.2) is 19.4 Å². The Hall–Kier alpha value is -2.23. The van der Waals surface area contributed by atoms with E-state index in [-0.39, 0.29) is 30.4 Å². The molecule has 0 N–H and O–H groups in total. The molecular weight excluding hydrogens is 260 g/mol. The smallest absolute Gasteiger partial charge is 0.156 e. The predicted octanol–water partition coefficient (Wildman–Crippen LogP) is 3.21. The maximum absolute atomic E-state index is 13.4. The molecule has 0 radical (unpaired) electrons. The summed E-state index contributed by atoms with van der Waals surface area (Å²) in [7, 11) is 1.70. The molecule has 0 atom stereocenters. The van der Waals surface area contributed by atoms with Crippen molar-refractivity contribution >= 4 is 11.5 Å². The molecular formula is C16H15F2NO. The molecule has 0 bridgehead atoms. The highest BCUT2D eigenvalue weighted by Gasteiger charge is 2.11. The molecule has 0 unspecified atom stereocenters. The summed E-state index contributed by atoms with van der Waals surface area (Å²) in [6.45, 7) is 0.109. The van der Waals surface area contributed by atoms with Gasteiger partial charge in [0.25, 0.3) is 0 Å². The van der Waals surface area contributed by atoms with Gasteiger partial charge in [0.2, 0.25) is 0 Å². The van der Waals surface area contributed by atoms with Crippen molar-refractivity contribution in [3.63, 3.8) is 0 Å². The first-order valence-electron chi connectivity index (χ1n) is 6.28. The minimum absolute atomic E-state index is 0.0341. The Morgan fingerprint density at radius 1 is 1.10 bits per heavy atom. The SMILES string of the molecule is CN(CC(=O)Cc1ccccc1F)c1cccc(F)c1.